The number of fused-ring (bicyclic) bond motifs is 1. The lowest BCUT2D eigenvalue weighted by molar-refractivity contribution is 0.378. The molecule has 1 aliphatic carbocycles. The second-order valence-corrected chi connectivity index (χ2v) is 5.63. The summed E-state index contributed by atoms with van der Waals surface area (Å²) < 4.78 is 2.86. The van der Waals surface area contributed by atoms with Crippen LogP contribution in [0.25, 0.3) is 5.52 Å². The fraction of sp³-hybridized carbons (Fsp3) is 0.462. The summed E-state index contributed by atoms with van der Waals surface area (Å²) in [6.45, 7) is 0. The summed E-state index contributed by atoms with van der Waals surface area (Å²) in [4.78, 5) is 4.54. The molecule has 92 valence electrons. The highest BCUT2D eigenvalue weighted by molar-refractivity contribution is 9.10. The summed E-state index contributed by atoms with van der Waals surface area (Å²) in [7, 11) is 0. The normalized spacial score (nSPS) is 24.0. The minimum atomic E-state index is 0.231. The zero-order chi connectivity index (χ0) is 12.5. The van der Waals surface area contributed by atoms with E-state index in [1.54, 1.807) is 12.4 Å². The number of rotatable bonds is 1. The van der Waals surface area contributed by atoms with Gasteiger partial charge in [0.25, 0.3) is 0 Å². The zero-order valence-corrected chi connectivity index (χ0v) is 11.5. The van der Waals surface area contributed by atoms with Crippen LogP contribution < -0.4 is 0 Å². The Kier molecular flexibility index (Phi) is 3.04. The van der Waals surface area contributed by atoms with Gasteiger partial charge in [-0.25, -0.2) is 4.52 Å². The highest BCUT2D eigenvalue weighted by atomic mass is 79.9. The van der Waals surface area contributed by atoms with Gasteiger partial charge in [0, 0.05) is 24.2 Å². The lowest BCUT2D eigenvalue weighted by atomic mass is 9.81. The summed E-state index contributed by atoms with van der Waals surface area (Å²) >= 11 is 3.53. The second-order valence-electron chi connectivity index (χ2n) is 4.78. The maximum atomic E-state index is 8.94. The van der Waals surface area contributed by atoms with Crippen molar-refractivity contribution in [1.82, 2.24) is 14.6 Å². The summed E-state index contributed by atoms with van der Waals surface area (Å²) in [5.74, 6) is 0.681. The molecular formula is C13H13BrN4. The molecule has 1 aliphatic rings. The number of hydrogen-bond acceptors (Lipinski definition) is 3. The molecule has 18 heavy (non-hydrogen) atoms. The van der Waals surface area contributed by atoms with Gasteiger partial charge in [-0.15, -0.1) is 0 Å². The molecule has 0 radical (unpaired) electrons. The Morgan fingerprint density at radius 2 is 2.11 bits per heavy atom. The topological polar surface area (TPSA) is 54.0 Å². The van der Waals surface area contributed by atoms with E-state index in [0.29, 0.717) is 5.92 Å². The monoisotopic (exact) mass is 304 g/mol. The summed E-state index contributed by atoms with van der Waals surface area (Å²) in [5.41, 5.74) is 2.18. The molecule has 0 spiro atoms. The van der Waals surface area contributed by atoms with Crippen LogP contribution in [0.5, 0.6) is 0 Å². The number of nitrogens with zero attached hydrogens (tertiary/aromatic N) is 4. The van der Waals surface area contributed by atoms with Crippen LogP contribution in [0.4, 0.5) is 0 Å². The second kappa shape index (κ2) is 4.69. The molecule has 2 aromatic heterocycles. The van der Waals surface area contributed by atoms with Crippen LogP contribution in [0.1, 0.15) is 37.3 Å². The van der Waals surface area contributed by atoms with Gasteiger partial charge in [0.05, 0.1) is 22.4 Å². The maximum Gasteiger partial charge on any atom is 0.102 e. The van der Waals surface area contributed by atoms with Crippen LogP contribution in [0, 0.1) is 17.2 Å². The van der Waals surface area contributed by atoms with Gasteiger partial charge in [-0.2, -0.15) is 10.4 Å². The first-order chi connectivity index (χ1) is 8.79. The fourth-order valence-electron chi connectivity index (χ4n) is 2.73. The molecular weight excluding hydrogens is 292 g/mol. The lowest BCUT2D eigenvalue weighted by Crippen LogP contribution is -2.14. The van der Waals surface area contributed by atoms with E-state index >= 15 is 0 Å². The van der Waals surface area contributed by atoms with Crippen molar-refractivity contribution in [3.05, 3.63) is 28.8 Å². The van der Waals surface area contributed by atoms with Crippen LogP contribution in [0.15, 0.2) is 23.1 Å². The van der Waals surface area contributed by atoms with Crippen LogP contribution >= 0.6 is 15.9 Å². The molecule has 1 saturated carbocycles. The molecule has 0 bridgehead atoms. The Morgan fingerprint density at radius 1 is 1.33 bits per heavy atom. The van der Waals surface area contributed by atoms with E-state index < -0.39 is 0 Å². The molecule has 3 rings (SSSR count). The zero-order valence-electron chi connectivity index (χ0n) is 9.88. The molecule has 0 amide bonds. The van der Waals surface area contributed by atoms with Crippen LogP contribution in [-0.2, 0) is 0 Å². The Bertz CT molecular complexity index is 605. The van der Waals surface area contributed by atoms with Gasteiger partial charge in [-0.05, 0) is 41.6 Å². The van der Waals surface area contributed by atoms with Gasteiger partial charge >= 0.3 is 0 Å². The summed E-state index contributed by atoms with van der Waals surface area (Å²) in [6, 6.07) is 2.37. The van der Waals surface area contributed by atoms with Crippen molar-refractivity contribution >= 4 is 21.4 Å². The van der Waals surface area contributed by atoms with Gasteiger partial charge in [-0.3, -0.25) is 4.98 Å². The van der Waals surface area contributed by atoms with E-state index in [4.69, 9.17) is 5.26 Å². The average Bonchev–Trinajstić information content (AvgIpc) is 2.81. The van der Waals surface area contributed by atoms with Crippen LogP contribution in [0.3, 0.4) is 0 Å². The maximum absolute atomic E-state index is 8.94. The molecule has 0 aliphatic heterocycles. The van der Waals surface area contributed by atoms with E-state index in [1.165, 1.54) is 0 Å². The van der Waals surface area contributed by atoms with Gasteiger partial charge in [0.1, 0.15) is 5.52 Å². The minimum absolute atomic E-state index is 0.231. The predicted molar refractivity (Wildman–Crippen MR) is 71.0 cm³/mol. The third-order valence-electron chi connectivity index (χ3n) is 3.71. The standard InChI is InChI=1S/C13H13BrN4/c14-11-8-17-18-6-5-16-12(13(11)18)10-3-1-9(7-15)2-4-10/h5-6,8-10H,1-4H2/t9-,10-. The number of hydrogen-bond donors (Lipinski definition) is 0. The van der Waals surface area contributed by atoms with Crippen molar-refractivity contribution in [3.63, 3.8) is 0 Å². The van der Waals surface area contributed by atoms with Gasteiger partial charge in [0.15, 0.2) is 0 Å². The first-order valence-electron chi connectivity index (χ1n) is 6.17. The molecule has 2 aromatic rings. The third kappa shape index (κ3) is 1.91. The quantitative estimate of drug-likeness (QED) is 0.812. The Morgan fingerprint density at radius 3 is 2.83 bits per heavy atom. The molecule has 2 heterocycles. The van der Waals surface area contributed by atoms with Crippen molar-refractivity contribution < 1.29 is 0 Å². The van der Waals surface area contributed by atoms with Crippen molar-refractivity contribution in [1.29, 1.82) is 5.26 Å². The highest BCUT2D eigenvalue weighted by Crippen LogP contribution is 2.37. The number of aromatic nitrogens is 3. The van der Waals surface area contributed by atoms with Gasteiger partial charge in [-0.1, -0.05) is 0 Å². The first-order valence-corrected chi connectivity index (χ1v) is 6.96. The van der Waals surface area contributed by atoms with Crippen molar-refractivity contribution in [2.45, 2.75) is 31.6 Å². The number of nitriles is 1. The molecule has 0 unspecified atom stereocenters. The van der Waals surface area contributed by atoms with Crippen molar-refractivity contribution in [2.24, 2.45) is 5.92 Å². The summed E-state index contributed by atoms with van der Waals surface area (Å²) in [6.07, 6.45) is 9.53. The van der Waals surface area contributed by atoms with E-state index in [2.05, 4.69) is 32.1 Å². The van der Waals surface area contributed by atoms with Crippen molar-refractivity contribution in [3.8, 4) is 6.07 Å². The SMILES string of the molecule is N#C[C@H]1CC[C@H](c2nccn3ncc(Br)c23)CC1. The molecule has 0 atom stereocenters. The highest BCUT2D eigenvalue weighted by Gasteiger charge is 2.25. The molecule has 0 saturated heterocycles. The molecule has 0 aromatic carbocycles. The Labute approximate surface area is 114 Å². The minimum Gasteiger partial charge on any atom is -0.257 e. The molecule has 4 nitrogen and oxygen atoms in total. The van der Waals surface area contributed by atoms with E-state index in [-0.39, 0.29) is 5.92 Å². The first kappa shape index (κ1) is 11.7. The smallest absolute Gasteiger partial charge is 0.102 e. The van der Waals surface area contributed by atoms with E-state index in [0.717, 1.165) is 41.4 Å². The Hall–Kier alpha value is -1.41. The average molecular weight is 305 g/mol. The van der Waals surface area contributed by atoms with E-state index in [9.17, 15) is 0 Å². The van der Waals surface area contributed by atoms with Crippen LogP contribution in [0.2, 0.25) is 0 Å². The molecule has 5 heteroatoms. The van der Waals surface area contributed by atoms with Crippen molar-refractivity contribution in [2.75, 3.05) is 0 Å². The third-order valence-corrected chi connectivity index (χ3v) is 4.29. The molecule has 0 N–H and O–H groups in total. The Balaban J connectivity index is 1.96. The summed E-state index contributed by atoms with van der Waals surface area (Å²) in [5, 5.41) is 13.2. The van der Waals surface area contributed by atoms with Gasteiger partial charge in [0.2, 0.25) is 0 Å². The van der Waals surface area contributed by atoms with Crippen LogP contribution in [-0.4, -0.2) is 14.6 Å². The largest absolute Gasteiger partial charge is 0.257 e. The van der Waals surface area contributed by atoms with Gasteiger partial charge < -0.3 is 0 Å². The van der Waals surface area contributed by atoms with E-state index in [1.807, 2.05) is 10.7 Å². The lowest BCUT2D eigenvalue weighted by Gasteiger charge is -2.24. The predicted octanol–water partition coefficient (Wildman–Crippen LogP) is 3.29. The fourth-order valence-corrected chi connectivity index (χ4v) is 3.20. The number of halogens is 1. The molecule has 1 fully saturated rings.